The molecule has 0 aromatic carbocycles. The van der Waals surface area contributed by atoms with E-state index in [1.807, 2.05) is 0 Å². The van der Waals surface area contributed by atoms with Gasteiger partial charge in [-0.2, -0.15) is 8.78 Å². The number of halogens is 2. The average Bonchev–Trinajstić information content (AvgIpc) is 2.03. The summed E-state index contributed by atoms with van der Waals surface area (Å²) in [6.45, 7) is 1.31. The molecular formula is C6H10F2N2O2. The van der Waals surface area contributed by atoms with E-state index in [2.05, 4.69) is 10.6 Å². The van der Waals surface area contributed by atoms with Crippen LogP contribution >= 0.6 is 0 Å². The van der Waals surface area contributed by atoms with Crippen molar-refractivity contribution in [1.82, 2.24) is 5.43 Å². The monoisotopic (exact) mass is 180 g/mol. The number of amides is 1. The van der Waals surface area contributed by atoms with Gasteiger partial charge in [0, 0.05) is 0 Å². The standard InChI is InChI=1S/C6H10F2N2O2/c1-2-3-4-12-6(7,8)5(11)10-9/h2-3H,4,9H2,1H3,(H,10,11). The lowest BCUT2D eigenvalue weighted by molar-refractivity contribution is -0.226. The second-order valence-corrected chi connectivity index (χ2v) is 1.87. The van der Waals surface area contributed by atoms with Gasteiger partial charge in [0.25, 0.3) is 0 Å². The molecule has 0 radical (unpaired) electrons. The zero-order valence-corrected chi connectivity index (χ0v) is 6.51. The Labute approximate surface area is 68.3 Å². The number of ether oxygens (including phenoxy) is 1. The van der Waals surface area contributed by atoms with E-state index in [0.29, 0.717) is 0 Å². The highest BCUT2D eigenvalue weighted by Crippen LogP contribution is 2.14. The first-order chi connectivity index (χ1) is 5.54. The molecule has 0 rings (SSSR count). The number of carbonyl (C=O) groups is 1. The summed E-state index contributed by atoms with van der Waals surface area (Å²) in [5.74, 6) is 2.82. The van der Waals surface area contributed by atoms with Gasteiger partial charge < -0.3 is 4.74 Å². The molecule has 0 heterocycles. The number of allylic oxidation sites excluding steroid dienone is 1. The molecule has 0 spiro atoms. The van der Waals surface area contributed by atoms with Gasteiger partial charge in [-0.25, -0.2) is 5.84 Å². The van der Waals surface area contributed by atoms with Crippen molar-refractivity contribution in [3.05, 3.63) is 12.2 Å². The first kappa shape index (κ1) is 11.0. The maximum Gasteiger partial charge on any atom is 0.438 e. The number of hydrazine groups is 1. The molecule has 12 heavy (non-hydrogen) atoms. The van der Waals surface area contributed by atoms with Crippen molar-refractivity contribution < 1.29 is 18.3 Å². The molecule has 3 N–H and O–H groups in total. The van der Waals surface area contributed by atoms with Crippen LogP contribution in [0.4, 0.5) is 8.78 Å². The highest BCUT2D eigenvalue weighted by Gasteiger charge is 2.39. The minimum absolute atomic E-state index is 0.336. The van der Waals surface area contributed by atoms with Gasteiger partial charge in [0.05, 0.1) is 6.61 Å². The molecule has 0 aliphatic carbocycles. The summed E-state index contributed by atoms with van der Waals surface area (Å²) < 4.78 is 28.7. The maximum atomic E-state index is 12.4. The Morgan fingerprint density at radius 1 is 1.75 bits per heavy atom. The van der Waals surface area contributed by atoms with Crippen LogP contribution in [0.15, 0.2) is 12.2 Å². The van der Waals surface area contributed by atoms with Gasteiger partial charge in [-0.05, 0) is 6.92 Å². The molecule has 1 amide bonds. The lowest BCUT2D eigenvalue weighted by Gasteiger charge is -2.12. The predicted molar refractivity (Wildman–Crippen MR) is 38.0 cm³/mol. The summed E-state index contributed by atoms with van der Waals surface area (Å²) in [4.78, 5) is 10.3. The summed E-state index contributed by atoms with van der Waals surface area (Å²) >= 11 is 0. The Morgan fingerprint density at radius 3 is 2.75 bits per heavy atom. The summed E-state index contributed by atoms with van der Waals surface area (Å²) in [5.41, 5.74) is 1.29. The normalized spacial score (nSPS) is 12.0. The summed E-state index contributed by atoms with van der Waals surface area (Å²) in [6.07, 6.45) is -0.998. The van der Waals surface area contributed by atoms with Crippen LogP contribution in [0.1, 0.15) is 6.92 Å². The van der Waals surface area contributed by atoms with Crippen molar-refractivity contribution in [2.75, 3.05) is 6.61 Å². The number of alkyl halides is 2. The molecule has 0 bridgehead atoms. The fourth-order valence-corrected chi connectivity index (χ4v) is 0.399. The molecule has 0 unspecified atom stereocenters. The Balaban J connectivity index is 3.94. The number of rotatable bonds is 4. The van der Waals surface area contributed by atoms with Gasteiger partial charge in [0.1, 0.15) is 0 Å². The van der Waals surface area contributed by atoms with Crippen LogP contribution in [0, 0.1) is 0 Å². The molecule has 0 aromatic heterocycles. The first-order valence-corrected chi connectivity index (χ1v) is 3.18. The maximum absolute atomic E-state index is 12.4. The molecule has 0 saturated heterocycles. The number of carbonyl (C=O) groups excluding carboxylic acids is 1. The van der Waals surface area contributed by atoms with Crippen LogP contribution in [0.3, 0.4) is 0 Å². The molecule has 0 atom stereocenters. The van der Waals surface area contributed by atoms with Gasteiger partial charge in [-0.3, -0.25) is 10.2 Å². The Hall–Kier alpha value is -1.01. The largest absolute Gasteiger partial charge is 0.438 e. The smallest absolute Gasteiger partial charge is 0.308 e. The number of hydrogen-bond acceptors (Lipinski definition) is 3. The van der Waals surface area contributed by atoms with E-state index in [9.17, 15) is 13.6 Å². The van der Waals surface area contributed by atoms with Crippen LogP contribution in [-0.4, -0.2) is 18.6 Å². The quantitative estimate of drug-likeness (QED) is 0.280. The minimum Gasteiger partial charge on any atom is -0.308 e. The van der Waals surface area contributed by atoms with Crippen molar-refractivity contribution >= 4 is 5.91 Å². The van der Waals surface area contributed by atoms with Crippen molar-refractivity contribution in [2.24, 2.45) is 5.84 Å². The second-order valence-electron chi connectivity index (χ2n) is 1.87. The SMILES string of the molecule is CC=CCOC(F)(F)C(=O)NN. The molecule has 0 aliphatic rings. The zero-order valence-electron chi connectivity index (χ0n) is 6.51. The average molecular weight is 180 g/mol. The van der Waals surface area contributed by atoms with Gasteiger partial charge in [-0.1, -0.05) is 12.2 Å². The Morgan fingerprint density at radius 2 is 2.33 bits per heavy atom. The number of nitrogens with two attached hydrogens (primary N) is 1. The third-order valence-corrected chi connectivity index (χ3v) is 0.992. The van der Waals surface area contributed by atoms with Crippen LogP contribution in [0.2, 0.25) is 0 Å². The molecule has 0 aliphatic heterocycles. The fourth-order valence-electron chi connectivity index (χ4n) is 0.399. The van der Waals surface area contributed by atoms with E-state index < -0.39 is 12.0 Å². The van der Waals surface area contributed by atoms with E-state index in [4.69, 9.17) is 0 Å². The van der Waals surface area contributed by atoms with E-state index in [-0.39, 0.29) is 6.61 Å². The molecule has 0 fully saturated rings. The van der Waals surface area contributed by atoms with Crippen LogP contribution < -0.4 is 11.3 Å². The molecule has 4 nitrogen and oxygen atoms in total. The Bertz CT molecular complexity index is 182. The predicted octanol–water partition coefficient (Wildman–Crippen LogP) is 0.162. The topological polar surface area (TPSA) is 64.3 Å². The summed E-state index contributed by atoms with van der Waals surface area (Å²) in [7, 11) is 0. The number of nitrogens with one attached hydrogen (secondary N) is 1. The highest BCUT2D eigenvalue weighted by molar-refractivity contribution is 5.81. The van der Waals surface area contributed by atoms with Crippen LogP contribution in [0.25, 0.3) is 0 Å². The van der Waals surface area contributed by atoms with Crippen LogP contribution in [-0.2, 0) is 9.53 Å². The minimum atomic E-state index is -3.87. The van der Waals surface area contributed by atoms with Crippen molar-refractivity contribution in [3.63, 3.8) is 0 Å². The fraction of sp³-hybridized carbons (Fsp3) is 0.500. The van der Waals surface area contributed by atoms with Crippen molar-refractivity contribution in [2.45, 2.75) is 13.0 Å². The van der Waals surface area contributed by atoms with Crippen molar-refractivity contribution in [3.8, 4) is 0 Å². The summed E-state index contributed by atoms with van der Waals surface area (Å²) in [6, 6.07) is 0. The van der Waals surface area contributed by atoms with E-state index in [1.54, 1.807) is 6.92 Å². The molecule has 70 valence electrons. The molecular weight excluding hydrogens is 170 g/mol. The zero-order chi connectivity index (χ0) is 9.61. The molecule has 0 saturated carbocycles. The third kappa shape index (κ3) is 3.40. The van der Waals surface area contributed by atoms with Gasteiger partial charge in [0.15, 0.2) is 0 Å². The lowest BCUT2D eigenvalue weighted by Crippen LogP contribution is -2.45. The van der Waals surface area contributed by atoms with Gasteiger partial charge in [0.2, 0.25) is 0 Å². The van der Waals surface area contributed by atoms with Crippen molar-refractivity contribution in [1.29, 1.82) is 0 Å². The van der Waals surface area contributed by atoms with E-state index >= 15 is 0 Å². The third-order valence-electron chi connectivity index (χ3n) is 0.992. The molecule has 0 aromatic rings. The first-order valence-electron chi connectivity index (χ1n) is 3.18. The second kappa shape index (κ2) is 4.78. The lowest BCUT2D eigenvalue weighted by atomic mass is 10.5. The van der Waals surface area contributed by atoms with Gasteiger partial charge >= 0.3 is 12.0 Å². The van der Waals surface area contributed by atoms with E-state index in [1.165, 1.54) is 17.6 Å². The molecule has 6 heteroatoms. The van der Waals surface area contributed by atoms with Crippen LogP contribution in [0.5, 0.6) is 0 Å². The highest BCUT2D eigenvalue weighted by atomic mass is 19.3. The Kier molecular flexibility index (Phi) is 4.38. The van der Waals surface area contributed by atoms with Gasteiger partial charge in [-0.15, -0.1) is 0 Å². The summed E-state index contributed by atoms with van der Waals surface area (Å²) in [5, 5.41) is 0. The van der Waals surface area contributed by atoms with E-state index in [0.717, 1.165) is 0 Å². The number of hydrogen-bond donors (Lipinski definition) is 2.